The van der Waals surface area contributed by atoms with Crippen LogP contribution in [0.2, 0.25) is 5.02 Å². The summed E-state index contributed by atoms with van der Waals surface area (Å²) in [6, 6.07) is 16.4. The molecule has 2 N–H and O–H groups in total. The summed E-state index contributed by atoms with van der Waals surface area (Å²) in [4.78, 5) is 0. The number of hydrogen-bond donors (Lipinski definition) is 2. The molecule has 4 heteroatoms. The molecule has 0 unspecified atom stereocenters. The van der Waals surface area contributed by atoms with E-state index in [-0.39, 0.29) is 5.54 Å². The maximum absolute atomic E-state index is 5.92. The largest absolute Gasteiger partial charge is 0.353 e. The van der Waals surface area contributed by atoms with Gasteiger partial charge in [0, 0.05) is 10.7 Å². The van der Waals surface area contributed by atoms with E-state index in [4.69, 9.17) is 23.8 Å². The van der Waals surface area contributed by atoms with Crippen LogP contribution in [0, 0.1) is 6.92 Å². The van der Waals surface area contributed by atoms with E-state index < -0.39 is 0 Å². The summed E-state index contributed by atoms with van der Waals surface area (Å²) in [6.45, 7) is 2.12. The van der Waals surface area contributed by atoms with Crippen LogP contribution in [0.15, 0.2) is 48.5 Å². The molecular formula is C19H21ClN2S. The molecule has 0 bridgehead atoms. The molecule has 23 heavy (non-hydrogen) atoms. The zero-order chi connectivity index (χ0) is 16.3. The van der Waals surface area contributed by atoms with Crippen molar-refractivity contribution in [2.24, 2.45) is 0 Å². The number of anilines is 1. The molecule has 0 atom stereocenters. The zero-order valence-electron chi connectivity index (χ0n) is 13.2. The van der Waals surface area contributed by atoms with Crippen molar-refractivity contribution in [1.29, 1.82) is 0 Å². The summed E-state index contributed by atoms with van der Waals surface area (Å²) in [5.74, 6) is 0. The second-order valence-electron chi connectivity index (χ2n) is 6.24. The molecular weight excluding hydrogens is 324 g/mol. The highest BCUT2D eigenvalue weighted by atomic mass is 35.5. The molecule has 0 saturated heterocycles. The van der Waals surface area contributed by atoms with E-state index >= 15 is 0 Å². The average molecular weight is 345 g/mol. The Hall–Kier alpha value is -1.58. The number of thiocarbonyl (C=S) groups is 1. The van der Waals surface area contributed by atoms with Crippen molar-refractivity contribution < 1.29 is 0 Å². The molecule has 1 aliphatic carbocycles. The summed E-state index contributed by atoms with van der Waals surface area (Å²) in [6.07, 6.45) is 4.67. The van der Waals surface area contributed by atoms with Gasteiger partial charge in [0.05, 0.1) is 5.54 Å². The molecule has 0 aromatic heterocycles. The highest BCUT2D eigenvalue weighted by molar-refractivity contribution is 7.80. The van der Waals surface area contributed by atoms with Crippen molar-refractivity contribution in [2.45, 2.75) is 38.1 Å². The minimum absolute atomic E-state index is 0.0514. The molecule has 1 saturated carbocycles. The third kappa shape index (κ3) is 3.85. The third-order valence-electron chi connectivity index (χ3n) is 4.52. The monoisotopic (exact) mass is 344 g/mol. The first-order chi connectivity index (χ1) is 11.1. The fourth-order valence-electron chi connectivity index (χ4n) is 3.25. The number of rotatable bonds is 3. The zero-order valence-corrected chi connectivity index (χ0v) is 14.8. The quantitative estimate of drug-likeness (QED) is 0.728. The van der Waals surface area contributed by atoms with Crippen LogP contribution in [0.5, 0.6) is 0 Å². The maximum Gasteiger partial charge on any atom is 0.171 e. The van der Waals surface area contributed by atoms with Crippen LogP contribution < -0.4 is 10.6 Å². The average Bonchev–Trinajstić information content (AvgIpc) is 2.99. The van der Waals surface area contributed by atoms with Gasteiger partial charge in [-0.2, -0.15) is 0 Å². The van der Waals surface area contributed by atoms with E-state index in [0.29, 0.717) is 5.11 Å². The van der Waals surface area contributed by atoms with E-state index in [1.807, 2.05) is 24.3 Å². The number of aryl methyl sites for hydroxylation is 1. The third-order valence-corrected chi connectivity index (χ3v) is 4.97. The number of halogens is 1. The maximum atomic E-state index is 5.92. The van der Waals surface area contributed by atoms with Crippen molar-refractivity contribution in [3.8, 4) is 0 Å². The van der Waals surface area contributed by atoms with E-state index in [1.54, 1.807) is 0 Å². The molecule has 0 amide bonds. The van der Waals surface area contributed by atoms with Gasteiger partial charge in [0.15, 0.2) is 5.11 Å². The Kier molecular flexibility index (Phi) is 4.88. The van der Waals surface area contributed by atoms with Gasteiger partial charge in [0.25, 0.3) is 0 Å². The minimum atomic E-state index is -0.0514. The first-order valence-corrected chi connectivity index (χ1v) is 8.78. The summed E-state index contributed by atoms with van der Waals surface area (Å²) in [5.41, 5.74) is 3.50. The van der Waals surface area contributed by atoms with Gasteiger partial charge in [-0.25, -0.2) is 0 Å². The van der Waals surface area contributed by atoms with Gasteiger partial charge in [-0.15, -0.1) is 0 Å². The predicted molar refractivity (Wildman–Crippen MR) is 102 cm³/mol. The summed E-state index contributed by atoms with van der Waals surface area (Å²) < 4.78 is 0. The van der Waals surface area contributed by atoms with Gasteiger partial charge in [-0.05, 0) is 61.8 Å². The molecule has 0 spiro atoms. The number of benzene rings is 2. The van der Waals surface area contributed by atoms with Gasteiger partial charge < -0.3 is 10.6 Å². The molecule has 2 nitrogen and oxygen atoms in total. The Morgan fingerprint density at radius 1 is 1.00 bits per heavy atom. The van der Waals surface area contributed by atoms with Crippen LogP contribution in [0.25, 0.3) is 0 Å². The first kappa shape index (κ1) is 16.3. The van der Waals surface area contributed by atoms with Gasteiger partial charge >= 0.3 is 0 Å². The van der Waals surface area contributed by atoms with Gasteiger partial charge in [-0.3, -0.25) is 0 Å². The molecule has 120 valence electrons. The van der Waals surface area contributed by atoms with Crippen molar-refractivity contribution >= 4 is 34.6 Å². The van der Waals surface area contributed by atoms with Crippen LogP contribution in [-0.4, -0.2) is 5.11 Å². The van der Waals surface area contributed by atoms with Crippen molar-refractivity contribution in [3.05, 3.63) is 64.7 Å². The molecule has 2 aromatic rings. The van der Waals surface area contributed by atoms with E-state index in [9.17, 15) is 0 Å². The van der Waals surface area contributed by atoms with Gasteiger partial charge in [-0.1, -0.05) is 54.3 Å². The highest BCUT2D eigenvalue weighted by Crippen LogP contribution is 2.38. The van der Waals surface area contributed by atoms with E-state index in [0.717, 1.165) is 23.6 Å². The molecule has 2 aromatic carbocycles. The fourth-order valence-corrected chi connectivity index (χ4v) is 3.69. The Balaban J connectivity index is 1.75. The van der Waals surface area contributed by atoms with Crippen molar-refractivity contribution in [3.63, 3.8) is 0 Å². The molecule has 0 radical (unpaired) electrons. The molecule has 1 fully saturated rings. The Labute approximate surface area is 148 Å². The number of nitrogens with one attached hydrogen (secondary N) is 2. The van der Waals surface area contributed by atoms with E-state index in [2.05, 4.69) is 41.8 Å². The first-order valence-electron chi connectivity index (χ1n) is 7.99. The van der Waals surface area contributed by atoms with Crippen molar-refractivity contribution in [2.75, 3.05) is 5.32 Å². The van der Waals surface area contributed by atoms with Crippen LogP contribution in [0.3, 0.4) is 0 Å². The van der Waals surface area contributed by atoms with Crippen molar-refractivity contribution in [1.82, 2.24) is 5.32 Å². The topological polar surface area (TPSA) is 24.1 Å². The Morgan fingerprint density at radius 3 is 2.22 bits per heavy atom. The summed E-state index contributed by atoms with van der Waals surface area (Å²) >= 11 is 11.5. The van der Waals surface area contributed by atoms with Crippen LogP contribution in [0.1, 0.15) is 36.8 Å². The molecule has 0 heterocycles. The van der Waals surface area contributed by atoms with Crippen LogP contribution in [-0.2, 0) is 5.54 Å². The van der Waals surface area contributed by atoms with Gasteiger partial charge in [0.1, 0.15) is 0 Å². The second-order valence-corrected chi connectivity index (χ2v) is 7.09. The Bertz CT molecular complexity index is 674. The lowest BCUT2D eigenvalue weighted by Gasteiger charge is -2.32. The molecule has 3 rings (SSSR count). The van der Waals surface area contributed by atoms with E-state index in [1.165, 1.54) is 24.0 Å². The lowest BCUT2D eigenvalue weighted by Crippen LogP contribution is -2.45. The normalized spacial score (nSPS) is 16.1. The molecule has 1 aliphatic rings. The van der Waals surface area contributed by atoms with Crippen LogP contribution in [0.4, 0.5) is 5.69 Å². The van der Waals surface area contributed by atoms with Crippen LogP contribution >= 0.6 is 23.8 Å². The lowest BCUT2D eigenvalue weighted by molar-refractivity contribution is 0.408. The Morgan fingerprint density at radius 2 is 1.61 bits per heavy atom. The smallest absolute Gasteiger partial charge is 0.171 e. The second kappa shape index (κ2) is 6.90. The summed E-state index contributed by atoms with van der Waals surface area (Å²) in [5, 5.41) is 8.23. The summed E-state index contributed by atoms with van der Waals surface area (Å²) in [7, 11) is 0. The highest BCUT2D eigenvalue weighted by Gasteiger charge is 2.36. The lowest BCUT2D eigenvalue weighted by atomic mass is 9.88. The minimum Gasteiger partial charge on any atom is -0.353 e. The number of hydrogen-bond acceptors (Lipinski definition) is 1. The SMILES string of the molecule is Cc1ccc(C2(NC(=S)Nc3ccc(Cl)cc3)CCCC2)cc1. The standard InChI is InChI=1S/C19H21ClN2S/c1-14-4-6-15(7-5-14)19(12-2-3-13-19)22-18(23)21-17-10-8-16(20)9-11-17/h4-11H,2-3,12-13H2,1H3,(H2,21,22,23). The molecule has 0 aliphatic heterocycles. The van der Waals surface area contributed by atoms with Gasteiger partial charge in [0.2, 0.25) is 0 Å². The predicted octanol–water partition coefficient (Wildman–Crippen LogP) is 5.40. The fraction of sp³-hybridized carbons (Fsp3) is 0.316.